The maximum Gasteiger partial charge on any atom is 0.259 e. The summed E-state index contributed by atoms with van der Waals surface area (Å²) in [6, 6.07) is 3.85. The average Bonchev–Trinajstić information content (AvgIpc) is 3.29. The van der Waals surface area contributed by atoms with Crippen molar-refractivity contribution in [1.29, 1.82) is 0 Å². The standard InChI is InChI=1S/C17H22N6O2/c1-5-13-19-15(24-21-13)10-23(6-2)14-8-7-12(9-18-14)17-20-16(11(3)4)22-25-17/h7-9,11H,5-6,10H2,1-4H3. The topological polar surface area (TPSA) is 94.0 Å². The average molecular weight is 342 g/mol. The molecule has 8 nitrogen and oxygen atoms in total. The number of hydrogen-bond acceptors (Lipinski definition) is 8. The molecule has 0 aliphatic carbocycles. The number of pyridine rings is 1. The summed E-state index contributed by atoms with van der Waals surface area (Å²) >= 11 is 0. The van der Waals surface area contributed by atoms with Crippen molar-refractivity contribution in [2.75, 3.05) is 11.4 Å². The molecule has 0 fully saturated rings. The third-order valence-electron chi connectivity index (χ3n) is 3.81. The van der Waals surface area contributed by atoms with Crippen molar-refractivity contribution < 1.29 is 9.05 Å². The van der Waals surface area contributed by atoms with Crippen LogP contribution in [-0.4, -0.2) is 31.8 Å². The minimum Gasteiger partial charge on any atom is -0.348 e. The fraction of sp³-hybridized carbons (Fsp3) is 0.471. The van der Waals surface area contributed by atoms with Gasteiger partial charge in [0.15, 0.2) is 11.6 Å². The predicted octanol–water partition coefficient (Wildman–Crippen LogP) is 3.23. The first-order valence-corrected chi connectivity index (χ1v) is 8.47. The lowest BCUT2D eigenvalue weighted by molar-refractivity contribution is 0.371. The molecule has 3 heterocycles. The van der Waals surface area contributed by atoms with Gasteiger partial charge in [-0.1, -0.05) is 31.1 Å². The molecule has 3 aromatic rings. The Morgan fingerprint density at radius 3 is 2.48 bits per heavy atom. The van der Waals surface area contributed by atoms with E-state index in [1.165, 1.54) is 0 Å². The molecule has 0 bridgehead atoms. The summed E-state index contributed by atoms with van der Waals surface area (Å²) in [5.74, 6) is 3.52. The van der Waals surface area contributed by atoms with E-state index in [-0.39, 0.29) is 5.92 Å². The van der Waals surface area contributed by atoms with Crippen LogP contribution in [0.2, 0.25) is 0 Å². The molecule has 0 saturated carbocycles. The van der Waals surface area contributed by atoms with Crippen LogP contribution in [0, 0.1) is 0 Å². The van der Waals surface area contributed by atoms with Crippen LogP contribution in [0.25, 0.3) is 11.5 Å². The molecule has 0 unspecified atom stereocenters. The Kier molecular flexibility index (Phi) is 5.06. The highest BCUT2D eigenvalue weighted by Gasteiger charge is 2.15. The molecule has 0 aliphatic heterocycles. The van der Waals surface area contributed by atoms with Gasteiger partial charge in [0, 0.05) is 25.1 Å². The largest absolute Gasteiger partial charge is 0.348 e. The predicted molar refractivity (Wildman–Crippen MR) is 92.0 cm³/mol. The molecule has 0 aromatic carbocycles. The van der Waals surface area contributed by atoms with E-state index in [0.29, 0.717) is 30.0 Å². The number of aromatic nitrogens is 5. The number of aryl methyl sites for hydroxylation is 1. The summed E-state index contributed by atoms with van der Waals surface area (Å²) in [4.78, 5) is 15.3. The van der Waals surface area contributed by atoms with Crippen molar-refractivity contribution >= 4 is 5.82 Å². The smallest absolute Gasteiger partial charge is 0.259 e. The van der Waals surface area contributed by atoms with Crippen LogP contribution in [-0.2, 0) is 13.0 Å². The highest BCUT2D eigenvalue weighted by Crippen LogP contribution is 2.22. The van der Waals surface area contributed by atoms with Gasteiger partial charge in [0.25, 0.3) is 5.89 Å². The van der Waals surface area contributed by atoms with E-state index in [4.69, 9.17) is 9.05 Å². The van der Waals surface area contributed by atoms with E-state index >= 15 is 0 Å². The molecule has 0 atom stereocenters. The van der Waals surface area contributed by atoms with Gasteiger partial charge in [-0.25, -0.2) is 4.98 Å². The quantitative estimate of drug-likeness (QED) is 0.646. The van der Waals surface area contributed by atoms with Crippen molar-refractivity contribution in [2.45, 2.75) is 46.6 Å². The van der Waals surface area contributed by atoms with Crippen LogP contribution in [0.4, 0.5) is 5.82 Å². The van der Waals surface area contributed by atoms with Gasteiger partial charge in [-0.3, -0.25) is 0 Å². The lowest BCUT2D eigenvalue weighted by Crippen LogP contribution is -2.23. The third kappa shape index (κ3) is 3.84. The maximum absolute atomic E-state index is 5.30. The molecule has 8 heteroatoms. The molecule has 0 amide bonds. The Bertz CT molecular complexity index is 809. The van der Waals surface area contributed by atoms with E-state index in [1.807, 2.05) is 32.9 Å². The van der Waals surface area contributed by atoms with Crippen LogP contribution in [0.5, 0.6) is 0 Å². The van der Waals surface area contributed by atoms with Gasteiger partial charge in [0.1, 0.15) is 5.82 Å². The molecule has 0 spiro atoms. The Morgan fingerprint density at radius 1 is 1.08 bits per heavy atom. The molecule has 3 aromatic heterocycles. The van der Waals surface area contributed by atoms with Crippen LogP contribution < -0.4 is 4.90 Å². The Labute approximate surface area is 146 Å². The second-order valence-electron chi connectivity index (χ2n) is 5.99. The van der Waals surface area contributed by atoms with Crippen molar-refractivity contribution in [2.24, 2.45) is 0 Å². The molecule has 0 aliphatic rings. The van der Waals surface area contributed by atoms with Crippen molar-refractivity contribution in [1.82, 2.24) is 25.3 Å². The van der Waals surface area contributed by atoms with Crippen LogP contribution in [0.15, 0.2) is 27.4 Å². The molecule has 0 N–H and O–H groups in total. The summed E-state index contributed by atoms with van der Waals surface area (Å²) in [6.45, 7) is 9.39. The van der Waals surface area contributed by atoms with Gasteiger partial charge in [-0.15, -0.1) is 0 Å². The second-order valence-corrected chi connectivity index (χ2v) is 5.99. The Hall–Kier alpha value is -2.77. The normalized spacial score (nSPS) is 11.2. The summed E-state index contributed by atoms with van der Waals surface area (Å²) in [6.07, 6.45) is 2.49. The van der Waals surface area contributed by atoms with Gasteiger partial charge < -0.3 is 13.9 Å². The minimum absolute atomic E-state index is 0.225. The van der Waals surface area contributed by atoms with E-state index < -0.39 is 0 Å². The van der Waals surface area contributed by atoms with Crippen LogP contribution in [0.1, 0.15) is 51.2 Å². The molecule has 0 saturated heterocycles. The van der Waals surface area contributed by atoms with Crippen LogP contribution in [0.3, 0.4) is 0 Å². The molecular formula is C17H22N6O2. The zero-order valence-corrected chi connectivity index (χ0v) is 14.9. The minimum atomic E-state index is 0.225. The zero-order chi connectivity index (χ0) is 17.8. The summed E-state index contributed by atoms with van der Waals surface area (Å²) in [5, 5.41) is 7.91. The number of rotatable bonds is 7. The van der Waals surface area contributed by atoms with Gasteiger partial charge in [0.05, 0.1) is 12.1 Å². The number of nitrogens with zero attached hydrogens (tertiary/aromatic N) is 6. The number of anilines is 1. The monoisotopic (exact) mass is 342 g/mol. The summed E-state index contributed by atoms with van der Waals surface area (Å²) in [5.41, 5.74) is 0.797. The SMILES string of the molecule is CCc1noc(CN(CC)c2ccc(-c3nc(C(C)C)no3)cn2)n1. The van der Waals surface area contributed by atoms with E-state index in [9.17, 15) is 0 Å². The Balaban J connectivity index is 1.74. The summed E-state index contributed by atoms with van der Waals surface area (Å²) in [7, 11) is 0. The molecular weight excluding hydrogens is 320 g/mol. The Morgan fingerprint density at radius 2 is 1.92 bits per heavy atom. The van der Waals surface area contributed by atoms with E-state index in [0.717, 1.165) is 24.3 Å². The van der Waals surface area contributed by atoms with Crippen molar-refractivity contribution in [3.05, 3.63) is 35.9 Å². The number of hydrogen-bond donors (Lipinski definition) is 0. The van der Waals surface area contributed by atoms with Gasteiger partial charge in [-0.05, 0) is 19.1 Å². The highest BCUT2D eigenvalue weighted by atomic mass is 16.5. The first-order valence-electron chi connectivity index (χ1n) is 8.47. The van der Waals surface area contributed by atoms with Crippen LogP contribution >= 0.6 is 0 Å². The first kappa shape index (κ1) is 17.1. The second kappa shape index (κ2) is 7.42. The molecule has 3 rings (SSSR count). The lowest BCUT2D eigenvalue weighted by atomic mass is 10.2. The van der Waals surface area contributed by atoms with Gasteiger partial charge in [-0.2, -0.15) is 9.97 Å². The fourth-order valence-electron chi connectivity index (χ4n) is 2.30. The fourth-order valence-corrected chi connectivity index (χ4v) is 2.30. The molecule has 0 radical (unpaired) electrons. The first-order chi connectivity index (χ1) is 12.1. The van der Waals surface area contributed by atoms with Gasteiger partial charge in [0.2, 0.25) is 5.89 Å². The third-order valence-corrected chi connectivity index (χ3v) is 3.81. The highest BCUT2D eigenvalue weighted by molar-refractivity contribution is 5.54. The summed E-state index contributed by atoms with van der Waals surface area (Å²) < 4.78 is 10.6. The van der Waals surface area contributed by atoms with Gasteiger partial charge >= 0.3 is 0 Å². The molecule has 25 heavy (non-hydrogen) atoms. The van der Waals surface area contributed by atoms with E-state index in [2.05, 4.69) is 37.1 Å². The zero-order valence-electron chi connectivity index (χ0n) is 14.9. The van der Waals surface area contributed by atoms with E-state index in [1.54, 1.807) is 6.20 Å². The van der Waals surface area contributed by atoms with Crippen molar-refractivity contribution in [3.63, 3.8) is 0 Å². The maximum atomic E-state index is 5.30. The molecule has 132 valence electrons. The van der Waals surface area contributed by atoms with Crippen molar-refractivity contribution in [3.8, 4) is 11.5 Å². The lowest BCUT2D eigenvalue weighted by Gasteiger charge is -2.19.